The van der Waals surface area contributed by atoms with Gasteiger partial charge in [0.15, 0.2) is 18.1 Å². The average molecular weight is 419 g/mol. The van der Waals surface area contributed by atoms with Crippen LogP contribution in [0.15, 0.2) is 72.8 Å². The Hall–Kier alpha value is -4.00. The summed E-state index contributed by atoms with van der Waals surface area (Å²) in [7, 11) is 0. The Bertz CT molecular complexity index is 1080. The summed E-state index contributed by atoms with van der Waals surface area (Å²) in [6, 6.07) is 21.0. The van der Waals surface area contributed by atoms with Gasteiger partial charge in [-0.2, -0.15) is 0 Å². The molecule has 3 aromatic rings. The zero-order valence-corrected chi connectivity index (χ0v) is 16.9. The molecule has 7 nitrogen and oxygen atoms in total. The third kappa shape index (κ3) is 5.14. The highest BCUT2D eigenvalue weighted by Gasteiger charge is 2.18. The van der Waals surface area contributed by atoms with Gasteiger partial charge >= 0.3 is 5.97 Å². The lowest BCUT2D eigenvalue weighted by atomic mass is 10.1. The van der Waals surface area contributed by atoms with E-state index >= 15 is 0 Å². The topological polar surface area (TPSA) is 83.1 Å². The van der Waals surface area contributed by atoms with Gasteiger partial charge in [-0.05, 0) is 55.0 Å². The van der Waals surface area contributed by atoms with Crippen molar-refractivity contribution < 1.29 is 28.5 Å². The lowest BCUT2D eigenvalue weighted by molar-refractivity contribution is -0.124. The van der Waals surface area contributed by atoms with Gasteiger partial charge in [-0.25, -0.2) is 4.79 Å². The number of hydrogen-bond acceptors (Lipinski definition) is 6. The first kappa shape index (κ1) is 20.3. The standard InChI is InChI=1S/C24H21NO6/c1-16(17-10-11-21-22(13-17)30-15-29-21)25-23(26)14-28-24(27)18-6-5-9-20(12-18)31-19-7-3-2-4-8-19/h2-13,16H,14-15H2,1H3,(H,25,26). The van der Waals surface area contributed by atoms with Crippen molar-refractivity contribution in [1.82, 2.24) is 5.32 Å². The van der Waals surface area contributed by atoms with E-state index in [0.29, 0.717) is 28.6 Å². The van der Waals surface area contributed by atoms with Crippen LogP contribution in [0.25, 0.3) is 0 Å². The van der Waals surface area contributed by atoms with Crippen molar-refractivity contribution in [2.75, 3.05) is 13.4 Å². The largest absolute Gasteiger partial charge is 0.457 e. The third-order valence-corrected chi connectivity index (χ3v) is 4.66. The number of fused-ring (bicyclic) bond motifs is 1. The maximum absolute atomic E-state index is 12.3. The second-order valence-electron chi connectivity index (χ2n) is 6.92. The van der Waals surface area contributed by atoms with E-state index < -0.39 is 18.5 Å². The Labute approximate surface area is 179 Å². The molecule has 158 valence electrons. The molecule has 0 saturated carbocycles. The number of ether oxygens (including phenoxy) is 4. The van der Waals surface area contributed by atoms with E-state index in [4.69, 9.17) is 18.9 Å². The molecule has 0 spiro atoms. The lowest BCUT2D eigenvalue weighted by Crippen LogP contribution is -2.31. The van der Waals surface area contributed by atoms with Gasteiger partial charge in [-0.15, -0.1) is 0 Å². The van der Waals surface area contributed by atoms with E-state index in [1.807, 2.05) is 49.4 Å². The minimum absolute atomic E-state index is 0.188. The molecular weight excluding hydrogens is 398 g/mol. The van der Waals surface area contributed by atoms with Crippen molar-refractivity contribution in [3.63, 3.8) is 0 Å². The van der Waals surface area contributed by atoms with Gasteiger partial charge in [0.05, 0.1) is 11.6 Å². The van der Waals surface area contributed by atoms with Crippen molar-refractivity contribution in [2.45, 2.75) is 13.0 Å². The lowest BCUT2D eigenvalue weighted by Gasteiger charge is -2.15. The van der Waals surface area contributed by atoms with Crippen molar-refractivity contribution in [2.24, 2.45) is 0 Å². The normalized spacial score (nSPS) is 12.7. The van der Waals surface area contributed by atoms with Crippen LogP contribution in [0.2, 0.25) is 0 Å². The number of esters is 1. The van der Waals surface area contributed by atoms with E-state index in [1.54, 1.807) is 30.3 Å². The summed E-state index contributed by atoms with van der Waals surface area (Å²) in [6.07, 6.45) is 0. The molecular formula is C24H21NO6. The molecule has 1 heterocycles. The van der Waals surface area contributed by atoms with Gasteiger partial charge < -0.3 is 24.3 Å². The van der Waals surface area contributed by atoms with Crippen LogP contribution in [0.1, 0.15) is 28.9 Å². The Morgan fingerprint density at radius 3 is 2.55 bits per heavy atom. The van der Waals surface area contributed by atoms with Gasteiger partial charge in [0.1, 0.15) is 11.5 Å². The summed E-state index contributed by atoms with van der Waals surface area (Å²) in [6.45, 7) is 1.63. The quantitative estimate of drug-likeness (QED) is 0.577. The molecule has 1 aliphatic heterocycles. The predicted molar refractivity (Wildman–Crippen MR) is 112 cm³/mol. The summed E-state index contributed by atoms with van der Waals surface area (Å²) in [5.74, 6) is 1.46. The van der Waals surface area contributed by atoms with Crippen LogP contribution in [0.5, 0.6) is 23.0 Å². The third-order valence-electron chi connectivity index (χ3n) is 4.66. The Morgan fingerprint density at radius 2 is 1.71 bits per heavy atom. The molecule has 0 saturated heterocycles. The van der Waals surface area contributed by atoms with Crippen LogP contribution >= 0.6 is 0 Å². The fraction of sp³-hybridized carbons (Fsp3) is 0.167. The first-order valence-electron chi connectivity index (χ1n) is 9.77. The van der Waals surface area contributed by atoms with Gasteiger partial charge in [0, 0.05) is 0 Å². The Morgan fingerprint density at radius 1 is 0.935 bits per heavy atom. The molecule has 1 atom stereocenters. The summed E-state index contributed by atoms with van der Waals surface area (Å²) in [4.78, 5) is 24.6. The maximum atomic E-state index is 12.3. The summed E-state index contributed by atoms with van der Waals surface area (Å²) >= 11 is 0. The fourth-order valence-electron chi connectivity index (χ4n) is 3.07. The van der Waals surface area contributed by atoms with Crippen molar-refractivity contribution in [3.05, 3.63) is 83.9 Å². The molecule has 0 aromatic heterocycles. The predicted octanol–water partition coefficient (Wildman–Crippen LogP) is 4.24. The highest BCUT2D eigenvalue weighted by Crippen LogP contribution is 2.34. The molecule has 31 heavy (non-hydrogen) atoms. The zero-order chi connectivity index (χ0) is 21.6. The summed E-state index contributed by atoms with van der Waals surface area (Å²) in [5, 5.41) is 2.80. The van der Waals surface area contributed by atoms with Crippen LogP contribution in [-0.2, 0) is 9.53 Å². The van der Waals surface area contributed by atoms with Crippen LogP contribution in [0.3, 0.4) is 0 Å². The summed E-state index contributed by atoms with van der Waals surface area (Å²) in [5.41, 5.74) is 1.15. The highest BCUT2D eigenvalue weighted by atomic mass is 16.7. The SMILES string of the molecule is CC(NC(=O)COC(=O)c1cccc(Oc2ccccc2)c1)c1ccc2c(c1)OCO2. The van der Waals surface area contributed by atoms with Crippen LogP contribution in [0, 0.1) is 0 Å². The second-order valence-corrected chi connectivity index (χ2v) is 6.92. The van der Waals surface area contributed by atoms with Crippen LogP contribution in [0.4, 0.5) is 0 Å². The van der Waals surface area contributed by atoms with Crippen LogP contribution < -0.4 is 19.5 Å². The number of para-hydroxylation sites is 1. The fourth-order valence-corrected chi connectivity index (χ4v) is 3.07. The minimum Gasteiger partial charge on any atom is -0.457 e. The number of benzene rings is 3. The molecule has 0 aliphatic carbocycles. The van der Waals surface area contributed by atoms with Gasteiger partial charge in [0.25, 0.3) is 5.91 Å². The van der Waals surface area contributed by atoms with Gasteiger partial charge in [0.2, 0.25) is 6.79 Å². The van der Waals surface area contributed by atoms with E-state index in [2.05, 4.69) is 5.32 Å². The molecule has 0 bridgehead atoms. The van der Waals surface area contributed by atoms with Crippen molar-refractivity contribution >= 4 is 11.9 Å². The zero-order valence-electron chi connectivity index (χ0n) is 16.9. The van der Waals surface area contributed by atoms with E-state index in [0.717, 1.165) is 5.56 Å². The molecule has 7 heteroatoms. The number of rotatable bonds is 7. The second kappa shape index (κ2) is 9.21. The highest BCUT2D eigenvalue weighted by molar-refractivity contribution is 5.91. The molecule has 1 aliphatic rings. The Balaban J connectivity index is 1.30. The number of amides is 1. The smallest absolute Gasteiger partial charge is 0.338 e. The molecule has 0 fully saturated rings. The first-order valence-corrected chi connectivity index (χ1v) is 9.77. The number of nitrogens with one attached hydrogen (secondary N) is 1. The molecule has 3 aromatic carbocycles. The molecule has 4 rings (SSSR count). The summed E-state index contributed by atoms with van der Waals surface area (Å²) < 4.78 is 21.5. The average Bonchev–Trinajstić information content (AvgIpc) is 3.26. The van der Waals surface area contributed by atoms with Gasteiger partial charge in [-0.3, -0.25) is 4.79 Å². The van der Waals surface area contributed by atoms with E-state index in [-0.39, 0.29) is 12.8 Å². The van der Waals surface area contributed by atoms with Crippen molar-refractivity contribution in [3.8, 4) is 23.0 Å². The molecule has 0 radical (unpaired) electrons. The molecule has 1 amide bonds. The first-order chi connectivity index (χ1) is 15.1. The Kier molecular flexibility index (Phi) is 6.03. The van der Waals surface area contributed by atoms with Crippen molar-refractivity contribution in [1.29, 1.82) is 0 Å². The number of carbonyl (C=O) groups excluding carboxylic acids is 2. The van der Waals surface area contributed by atoms with E-state index in [9.17, 15) is 9.59 Å². The maximum Gasteiger partial charge on any atom is 0.338 e. The minimum atomic E-state index is -0.607. The molecule has 1 unspecified atom stereocenters. The number of hydrogen-bond donors (Lipinski definition) is 1. The van der Waals surface area contributed by atoms with Crippen LogP contribution in [-0.4, -0.2) is 25.3 Å². The monoisotopic (exact) mass is 419 g/mol. The molecule has 1 N–H and O–H groups in total. The number of carbonyl (C=O) groups is 2. The van der Waals surface area contributed by atoms with E-state index in [1.165, 1.54) is 0 Å². The van der Waals surface area contributed by atoms with Gasteiger partial charge in [-0.1, -0.05) is 30.3 Å².